The van der Waals surface area contributed by atoms with Gasteiger partial charge in [-0.15, -0.1) is 0 Å². The minimum atomic E-state index is -0.419. The Hall–Kier alpha value is -3.19. The number of aromatic amines is 1. The number of benzene rings is 2. The molecule has 0 aliphatic heterocycles. The topological polar surface area (TPSA) is 83.7 Å². The van der Waals surface area contributed by atoms with Gasteiger partial charge in [0.1, 0.15) is 10.9 Å². The van der Waals surface area contributed by atoms with Crippen molar-refractivity contribution in [2.45, 2.75) is 32.2 Å². The first-order valence-electron chi connectivity index (χ1n) is 10.7. The molecule has 176 valence electrons. The molecular weight excluding hydrogens is 442 g/mol. The minimum absolute atomic E-state index is 0.0291. The summed E-state index contributed by atoms with van der Waals surface area (Å²) in [4.78, 5) is 28.6. The minimum Gasteiger partial charge on any atom is -0.496 e. The molecule has 2 atom stereocenters. The second-order valence-corrected chi connectivity index (χ2v) is 8.73. The van der Waals surface area contributed by atoms with Gasteiger partial charge in [-0.2, -0.15) is 0 Å². The van der Waals surface area contributed by atoms with Gasteiger partial charge < -0.3 is 24.7 Å². The Morgan fingerprint density at radius 3 is 2.48 bits per heavy atom. The maximum atomic E-state index is 12.0. The summed E-state index contributed by atoms with van der Waals surface area (Å²) in [5.74, 6) is 0.0683. The molecule has 0 aliphatic carbocycles. The fraction of sp³-hybridized carbons (Fsp3) is 0.360. The highest BCUT2D eigenvalue weighted by molar-refractivity contribution is 6.32. The summed E-state index contributed by atoms with van der Waals surface area (Å²) >= 11 is 6.64. The van der Waals surface area contributed by atoms with E-state index in [9.17, 15) is 9.59 Å². The van der Waals surface area contributed by atoms with Crippen LogP contribution in [0.5, 0.6) is 5.75 Å². The van der Waals surface area contributed by atoms with Crippen LogP contribution in [0, 0.1) is 0 Å². The van der Waals surface area contributed by atoms with Crippen LogP contribution < -0.4 is 10.1 Å². The molecule has 0 bridgehead atoms. The molecule has 7 nitrogen and oxygen atoms in total. The first-order valence-corrected chi connectivity index (χ1v) is 11.1. The van der Waals surface area contributed by atoms with Crippen molar-refractivity contribution in [2.75, 3.05) is 28.3 Å². The maximum absolute atomic E-state index is 12.0. The van der Waals surface area contributed by atoms with Crippen molar-refractivity contribution < 1.29 is 19.1 Å². The molecule has 0 radical (unpaired) electrons. The van der Waals surface area contributed by atoms with Crippen LogP contribution in [-0.4, -0.2) is 56.2 Å². The van der Waals surface area contributed by atoms with Crippen molar-refractivity contribution in [1.29, 1.82) is 0 Å². The number of rotatable bonds is 7. The Bertz CT molecular complexity index is 1170. The van der Waals surface area contributed by atoms with Crippen molar-refractivity contribution >= 4 is 34.5 Å². The van der Waals surface area contributed by atoms with E-state index in [2.05, 4.69) is 23.3 Å². The van der Waals surface area contributed by atoms with Crippen molar-refractivity contribution in [1.82, 2.24) is 15.2 Å². The molecule has 3 rings (SSSR count). The molecule has 0 saturated carbocycles. The van der Waals surface area contributed by atoms with Gasteiger partial charge in [-0.05, 0) is 43.2 Å². The highest BCUT2D eigenvalue weighted by atomic mass is 35.5. The Kier molecular flexibility index (Phi) is 7.53. The van der Waals surface area contributed by atoms with E-state index in [-0.39, 0.29) is 18.0 Å². The van der Waals surface area contributed by atoms with E-state index in [0.717, 1.165) is 27.6 Å². The number of carbonyl (C=O) groups excluding carboxylic acids is 2. The largest absolute Gasteiger partial charge is 0.496 e. The molecule has 3 aromatic rings. The normalized spacial score (nSPS) is 12.8. The van der Waals surface area contributed by atoms with Crippen molar-refractivity contribution in [2.24, 2.45) is 0 Å². The lowest BCUT2D eigenvalue weighted by Gasteiger charge is -2.19. The van der Waals surface area contributed by atoms with Gasteiger partial charge in [0.2, 0.25) is 0 Å². The molecule has 2 amide bonds. The number of nitrogens with one attached hydrogen (secondary N) is 2. The van der Waals surface area contributed by atoms with Crippen LogP contribution in [0.15, 0.2) is 36.4 Å². The summed E-state index contributed by atoms with van der Waals surface area (Å²) in [6.07, 6.45) is 0.684. The zero-order valence-electron chi connectivity index (χ0n) is 19.8. The van der Waals surface area contributed by atoms with Crippen molar-refractivity contribution in [3.05, 3.63) is 63.8 Å². The van der Waals surface area contributed by atoms with Gasteiger partial charge in [0.15, 0.2) is 0 Å². The molecule has 8 heteroatoms. The third-order valence-corrected chi connectivity index (χ3v) is 6.03. The monoisotopic (exact) mass is 471 g/mol. The standard InChI is InChI=1S/C25H30ClN3O4/c1-14(27-25(31)29(3)4)11-16-7-10-20-19(12-16)22(23(26)28-20)15(2)18-9-8-17(24(30)33-6)13-21(18)32-5/h7-10,12-15,28H,11H2,1-6H3,(H,27,31). The smallest absolute Gasteiger partial charge is 0.337 e. The molecule has 0 saturated heterocycles. The van der Waals surface area contributed by atoms with E-state index in [0.29, 0.717) is 22.9 Å². The fourth-order valence-corrected chi connectivity index (χ4v) is 4.36. The molecule has 33 heavy (non-hydrogen) atoms. The molecule has 1 heterocycles. The summed E-state index contributed by atoms with van der Waals surface area (Å²) in [7, 11) is 6.36. The van der Waals surface area contributed by atoms with E-state index in [4.69, 9.17) is 21.1 Å². The van der Waals surface area contributed by atoms with Crippen LogP contribution in [0.25, 0.3) is 10.9 Å². The summed E-state index contributed by atoms with van der Waals surface area (Å²) in [5, 5.41) is 4.54. The number of hydrogen-bond acceptors (Lipinski definition) is 4. The van der Waals surface area contributed by atoms with Gasteiger partial charge in [-0.3, -0.25) is 0 Å². The SMILES string of the molecule is COC(=O)c1ccc(C(C)c2c(Cl)[nH]c3ccc(CC(C)NC(=O)N(C)C)cc23)c(OC)c1. The average molecular weight is 472 g/mol. The van der Waals surface area contributed by atoms with Crippen LogP contribution in [0.2, 0.25) is 5.15 Å². The van der Waals surface area contributed by atoms with Gasteiger partial charge in [0, 0.05) is 48.1 Å². The van der Waals surface area contributed by atoms with Gasteiger partial charge in [-0.25, -0.2) is 9.59 Å². The average Bonchev–Trinajstić information content (AvgIpc) is 3.12. The number of fused-ring (bicyclic) bond motifs is 1. The number of carbonyl (C=O) groups is 2. The molecule has 2 unspecified atom stereocenters. The highest BCUT2D eigenvalue weighted by Crippen LogP contribution is 2.40. The fourth-order valence-electron chi connectivity index (χ4n) is 3.99. The van der Waals surface area contributed by atoms with Crippen LogP contribution in [0.3, 0.4) is 0 Å². The second kappa shape index (κ2) is 10.2. The zero-order chi connectivity index (χ0) is 24.3. The molecule has 0 spiro atoms. The van der Waals surface area contributed by atoms with Gasteiger partial charge >= 0.3 is 12.0 Å². The predicted molar refractivity (Wildman–Crippen MR) is 131 cm³/mol. The lowest BCUT2D eigenvalue weighted by Crippen LogP contribution is -2.40. The summed E-state index contributed by atoms with van der Waals surface area (Å²) in [5.41, 5.74) is 4.30. The molecular formula is C25H30ClN3O4. The first-order chi connectivity index (χ1) is 15.7. The third kappa shape index (κ3) is 5.25. The Morgan fingerprint density at radius 1 is 1.12 bits per heavy atom. The van der Waals surface area contributed by atoms with Gasteiger partial charge in [0.25, 0.3) is 0 Å². The Morgan fingerprint density at radius 2 is 1.85 bits per heavy atom. The maximum Gasteiger partial charge on any atom is 0.337 e. The van der Waals surface area contributed by atoms with Crippen LogP contribution in [0.1, 0.15) is 46.8 Å². The lowest BCUT2D eigenvalue weighted by molar-refractivity contribution is 0.0600. The number of nitrogens with zero attached hydrogens (tertiary/aromatic N) is 1. The third-order valence-electron chi connectivity index (χ3n) is 5.73. The molecule has 0 fully saturated rings. The second-order valence-electron chi connectivity index (χ2n) is 8.35. The number of methoxy groups -OCH3 is 2. The number of esters is 1. The van der Waals surface area contributed by atoms with E-state index in [1.54, 1.807) is 33.3 Å². The zero-order valence-corrected chi connectivity index (χ0v) is 20.5. The molecule has 1 aromatic heterocycles. The van der Waals surface area contributed by atoms with Gasteiger partial charge in [0.05, 0.1) is 19.8 Å². The number of hydrogen-bond donors (Lipinski definition) is 2. The van der Waals surface area contributed by atoms with E-state index in [1.807, 2.05) is 25.1 Å². The van der Waals surface area contributed by atoms with Gasteiger partial charge in [-0.1, -0.05) is 30.7 Å². The van der Waals surface area contributed by atoms with E-state index < -0.39 is 5.97 Å². The number of H-pyrrole nitrogens is 1. The van der Waals surface area contributed by atoms with E-state index in [1.165, 1.54) is 12.0 Å². The number of aromatic nitrogens is 1. The Labute approximate surface area is 199 Å². The lowest BCUT2D eigenvalue weighted by atomic mass is 9.90. The Balaban J connectivity index is 1.96. The molecule has 2 N–H and O–H groups in total. The molecule has 0 aliphatic rings. The van der Waals surface area contributed by atoms with Crippen LogP contribution >= 0.6 is 11.6 Å². The van der Waals surface area contributed by atoms with E-state index >= 15 is 0 Å². The first kappa shape index (κ1) is 24.5. The summed E-state index contributed by atoms with van der Waals surface area (Å²) in [6.45, 7) is 4.03. The van der Waals surface area contributed by atoms with Crippen molar-refractivity contribution in [3.63, 3.8) is 0 Å². The number of halogens is 1. The number of ether oxygens (including phenoxy) is 2. The molecule has 2 aromatic carbocycles. The van der Waals surface area contributed by atoms with Crippen LogP contribution in [-0.2, 0) is 11.2 Å². The number of urea groups is 1. The summed E-state index contributed by atoms with van der Waals surface area (Å²) < 4.78 is 10.4. The van der Waals surface area contributed by atoms with Crippen molar-refractivity contribution in [3.8, 4) is 5.75 Å². The number of amides is 2. The van der Waals surface area contributed by atoms with Crippen LogP contribution in [0.4, 0.5) is 4.79 Å². The quantitative estimate of drug-likeness (QED) is 0.476. The highest BCUT2D eigenvalue weighted by Gasteiger charge is 2.22. The summed E-state index contributed by atoms with van der Waals surface area (Å²) in [6, 6.07) is 11.3. The predicted octanol–water partition coefficient (Wildman–Crippen LogP) is 4.97.